The Morgan fingerprint density at radius 3 is 2.92 bits per heavy atom. The van der Waals surface area contributed by atoms with Crippen molar-refractivity contribution in [3.8, 4) is 0 Å². The summed E-state index contributed by atoms with van der Waals surface area (Å²) in [6.45, 7) is 0.852. The summed E-state index contributed by atoms with van der Waals surface area (Å²) in [5.74, 6) is 0.717. The van der Waals surface area contributed by atoms with Crippen molar-refractivity contribution in [1.29, 1.82) is 0 Å². The van der Waals surface area contributed by atoms with Crippen molar-refractivity contribution in [1.82, 2.24) is 4.90 Å². The van der Waals surface area contributed by atoms with E-state index in [2.05, 4.69) is 10.2 Å². The van der Waals surface area contributed by atoms with Crippen molar-refractivity contribution in [2.75, 3.05) is 11.9 Å². The molecule has 2 aliphatic heterocycles. The highest BCUT2D eigenvalue weighted by molar-refractivity contribution is 8.01. The SMILES string of the molecule is O=C1Nc2cc(Cl)ccc2S[C@@H]1CC(=O)N1CCC[C@H]2CCCC[C@@H]21. The third-order valence-electron chi connectivity index (χ3n) is 5.68. The summed E-state index contributed by atoms with van der Waals surface area (Å²) in [6.07, 6.45) is 7.52. The second-order valence-corrected chi connectivity index (χ2v) is 8.96. The molecule has 1 saturated carbocycles. The van der Waals surface area contributed by atoms with Crippen LogP contribution in [0.4, 0.5) is 5.69 Å². The highest BCUT2D eigenvalue weighted by Crippen LogP contribution is 2.40. The van der Waals surface area contributed by atoms with Crippen LogP contribution in [0.3, 0.4) is 0 Å². The maximum Gasteiger partial charge on any atom is 0.238 e. The fourth-order valence-electron chi connectivity index (χ4n) is 4.47. The molecule has 1 aromatic carbocycles. The molecule has 1 aromatic rings. The lowest BCUT2D eigenvalue weighted by atomic mass is 9.78. The van der Waals surface area contributed by atoms with Crippen molar-refractivity contribution < 1.29 is 9.59 Å². The Labute approximate surface area is 157 Å². The second-order valence-electron chi connectivity index (χ2n) is 7.28. The standard InChI is InChI=1S/C19H23ClN2O2S/c20-13-7-8-16-14(10-13)21-19(24)17(25-16)11-18(23)22-9-3-5-12-4-1-2-6-15(12)22/h7-8,10,12,15,17H,1-6,9,11H2,(H,21,24)/t12-,15+,17-/m1/s1. The van der Waals surface area contributed by atoms with Gasteiger partial charge in [-0.2, -0.15) is 0 Å². The Kier molecular flexibility index (Phi) is 4.96. The molecular weight excluding hydrogens is 356 g/mol. The normalized spacial score (nSPS) is 28.8. The number of anilines is 1. The molecule has 4 nitrogen and oxygen atoms in total. The summed E-state index contributed by atoms with van der Waals surface area (Å²) < 4.78 is 0. The van der Waals surface area contributed by atoms with Gasteiger partial charge in [0.15, 0.2) is 0 Å². The van der Waals surface area contributed by atoms with E-state index < -0.39 is 0 Å². The average molecular weight is 379 g/mol. The summed E-state index contributed by atoms with van der Waals surface area (Å²) in [7, 11) is 0. The van der Waals surface area contributed by atoms with Crippen LogP contribution >= 0.6 is 23.4 Å². The predicted octanol–water partition coefficient (Wildman–Crippen LogP) is 4.32. The number of benzene rings is 1. The first-order chi connectivity index (χ1) is 12.1. The molecule has 134 valence electrons. The smallest absolute Gasteiger partial charge is 0.238 e. The lowest BCUT2D eigenvalue weighted by Crippen LogP contribution is -2.50. The van der Waals surface area contributed by atoms with Crippen LogP contribution in [0.5, 0.6) is 0 Å². The number of carbonyl (C=O) groups excluding carboxylic acids is 2. The zero-order valence-electron chi connectivity index (χ0n) is 14.2. The lowest BCUT2D eigenvalue weighted by molar-refractivity contribution is -0.138. The van der Waals surface area contributed by atoms with E-state index in [9.17, 15) is 9.59 Å². The number of likely N-dealkylation sites (tertiary alicyclic amines) is 1. The zero-order valence-corrected chi connectivity index (χ0v) is 15.7. The minimum Gasteiger partial charge on any atom is -0.339 e. The molecule has 3 atom stereocenters. The monoisotopic (exact) mass is 378 g/mol. The molecule has 0 aromatic heterocycles. The largest absolute Gasteiger partial charge is 0.339 e. The number of thioether (sulfide) groups is 1. The third-order valence-corrected chi connectivity index (χ3v) is 7.20. The van der Waals surface area contributed by atoms with Crippen molar-refractivity contribution in [2.45, 2.75) is 61.1 Å². The molecule has 1 N–H and O–H groups in total. The van der Waals surface area contributed by atoms with Gasteiger partial charge in [0.05, 0.1) is 10.9 Å². The van der Waals surface area contributed by atoms with Crippen LogP contribution in [0.25, 0.3) is 0 Å². The highest BCUT2D eigenvalue weighted by Gasteiger charge is 2.38. The number of amides is 2. The molecule has 0 spiro atoms. The average Bonchev–Trinajstić information content (AvgIpc) is 2.62. The number of piperidine rings is 1. The summed E-state index contributed by atoms with van der Waals surface area (Å²) in [5.41, 5.74) is 0.747. The molecule has 0 bridgehead atoms. The van der Waals surface area contributed by atoms with E-state index in [4.69, 9.17) is 11.6 Å². The molecule has 0 radical (unpaired) electrons. The Morgan fingerprint density at radius 1 is 1.24 bits per heavy atom. The fraction of sp³-hybridized carbons (Fsp3) is 0.579. The van der Waals surface area contributed by atoms with E-state index in [1.807, 2.05) is 12.1 Å². The van der Waals surface area contributed by atoms with E-state index in [1.165, 1.54) is 37.4 Å². The molecule has 1 saturated heterocycles. The number of nitrogens with one attached hydrogen (secondary N) is 1. The number of fused-ring (bicyclic) bond motifs is 2. The van der Waals surface area contributed by atoms with E-state index in [0.29, 0.717) is 17.0 Å². The van der Waals surface area contributed by atoms with Crippen molar-refractivity contribution in [2.24, 2.45) is 5.92 Å². The first kappa shape index (κ1) is 17.2. The Balaban J connectivity index is 1.45. The van der Waals surface area contributed by atoms with Gasteiger partial charge < -0.3 is 10.2 Å². The summed E-state index contributed by atoms with van der Waals surface area (Å²) in [4.78, 5) is 28.4. The molecule has 0 unspecified atom stereocenters. The van der Waals surface area contributed by atoms with Crippen LogP contribution in [-0.2, 0) is 9.59 Å². The third kappa shape index (κ3) is 3.54. The van der Waals surface area contributed by atoms with Gasteiger partial charge in [-0.15, -0.1) is 11.8 Å². The maximum atomic E-state index is 12.9. The topological polar surface area (TPSA) is 49.4 Å². The van der Waals surface area contributed by atoms with Gasteiger partial charge in [-0.25, -0.2) is 0 Å². The van der Waals surface area contributed by atoms with Gasteiger partial charge in [0, 0.05) is 28.9 Å². The van der Waals surface area contributed by atoms with Crippen LogP contribution in [0.15, 0.2) is 23.1 Å². The molecule has 6 heteroatoms. The van der Waals surface area contributed by atoms with Gasteiger partial charge in [-0.3, -0.25) is 9.59 Å². The lowest BCUT2D eigenvalue weighted by Gasteiger charge is -2.44. The van der Waals surface area contributed by atoms with Crippen molar-refractivity contribution >= 4 is 40.9 Å². The van der Waals surface area contributed by atoms with E-state index in [0.717, 1.165) is 30.0 Å². The molecule has 2 heterocycles. The van der Waals surface area contributed by atoms with Gasteiger partial charge in [-0.1, -0.05) is 24.4 Å². The summed E-state index contributed by atoms with van der Waals surface area (Å²) >= 11 is 7.47. The molecule has 2 amide bonds. The fourth-order valence-corrected chi connectivity index (χ4v) is 5.72. The van der Waals surface area contributed by atoms with Crippen LogP contribution < -0.4 is 5.32 Å². The van der Waals surface area contributed by atoms with Gasteiger partial charge >= 0.3 is 0 Å². The number of carbonyl (C=O) groups is 2. The van der Waals surface area contributed by atoms with Crippen LogP contribution in [0.1, 0.15) is 44.9 Å². The molecule has 4 rings (SSSR count). The van der Waals surface area contributed by atoms with Gasteiger partial charge in [0.25, 0.3) is 0 Å². The second kappa shape index (κ2) is 7.20. The van der Waals surface area contributed by atoms with E-state index in [-0.39, 0.29) is 23.5 Å². The van der Waals surface area contributed by atoms with Crippen LogP contribution in [-0.4, -0.2) is 34.6 Å². The Hall–Kier alpha value is -1.20. The van der Waals surface area contributed by atoms with Gasteiger partial charge in [-0.05, 0) is 49.8 Å². The molecular formula is C19H23ClN2O2S. The first-order valence-corrected chi connectivity index (χ1v) is 10.4. The molecule has 1 aliphatic carbocycles. The van der Waals surface area contributed by atoms with Crippen LogP contribution in [0.2, 0.25) is 5.02 Å². The van der Waals surface area contributed by atoms with Crippen molar-refractivity contribution in [3.63, 3.8) is 0 Å². The Morgan fingerprint density at radius 2 is 2.04 bits per heavy atom. The van der Waals surface area contributed by atoms with Crippen molar-refractivity contribution in [3.05, 3.63) is 23.2 Å². The minimum absolute atomic E-state index is 0.0923. The van der Waals surface area contributed by atoms with Gasteiger partial charge in [0.1, 0.15) is 0 Å². The Bertz CT molecular complexity index is 694. The number of nitrogens with zero attached hydrogens (tertiary/aromatic N) is 1. The van der Waals surface area contributed by atoms with E-state index in [1.54, 1.807) is 6.07 Å². The summed E-state index contributed by atoms with van der Waals surface area (Å²) in [6, 6.07) is 5.90. The minimum atomic E-state index is -0.356. The maximum absolute atomic E-state index is 12.9. The number of halogens is 1. The predicted molar refractivity (Wildman–Crippen MR) is 101 cm³/mol. The quantitative estimate of drug-likeness (QED) is 0.833. The van der Waals surface area contributed by atoms with E-state index >= 15 is 0 Å². The number of hydrogen-bond donors (Lipinski definition) is 1. The molecule has 2 fully saturated rings. The van der Waals surface area contributed by atoms with Gasteiger partial charge in [0.2, 0.25) is 11.8 Å². The zero-order chi connectivity index (χ0) is 17.4. The molecule has 3 aliphatic rings. The molecule has 25 heavy (non-hydrogen) atoms. The van der Waals surface area contributed by atoms with Crippen LogP contribution in [0, 0.1) is 5.92 Å². The highest BCUT2D eigenvalue weighted by atomic mass is 35.5. The first-order valence-electron chi connectivity index (χ1n) is 9.18. The summed E-state index contributed by atoms with van der Waals surface area (Å²) in [5, 5.41) is 3.15. The number of rotatable bonds is 2. The number of hydrogen-bond acceptors (Lipinski definition) is 3.